The first-order valence-corrected chi connectivity index (χ1v) is 29.4. The highest BCUT2D eigenvalue weighted by atomic mass is 33.1. The van der Waals surface area contributed by atoms with Crippen molar-refractivity contribution in [2.24, 2.45) is 52.1 Å². The molecule has 12 heteroatoms. The van der Waals surface area contributed by atoms with Crippen LogP contribution in [-0.2, 0) is 12.8 Å². The zero-order valence-electron chi connectivity index (χ0n) is 41.5. The number of aromatic hydroxyl groups is 1. The Balaban J connectivity index is 1.03. The molecule has 71 heavy (non-hydrogen) atoms. The van der Waals surface area contributed by atoms with Crippen molar-refractivity contribution in [3.63, 3.8) is 0 Å². The lowest BCUT2D eigenvalue weighted by atomic mass is 9.49. The van der Waals surface area contributed by atoms with E-state index in [2.05, 4.69) is 77.6 Å². The fourth-order valence-corrected chi connectivity index (χ4v) is 17.4. The Kier molecular flexibility index (Phi) is 15.7. The van der Waals surface area contributed by atoms with Crippen molar-refractivity contribution >= 4 is 21.6 Å². The number of nitrogens with two attached hydrogens (primary N) is 1. The minimum atomic E-state index is -1.05. The van der Waals surface area contributed by atoms with Gasteiger partial charge in [0.1, 0.15) is 11.9 Å². The molecule has 13 atom stereocenters. The molecule has 3 heterocycles. The van der Waals surface area contributed by atoms with Gasteiger partial charge in [0.2, 0.25) is 0 Å². The first-order valence-electron chi connectivity index (χ1n) is 26.9. The van der Waals surface area contributed by atoms with E-state index in [0.717, 1.165) is 79.3 Å². The van der Waals surface area contributed by atoms with E-state index in [9.17, 15) is 30.6 Å². The average molecular weight is 1000 g/mol. The number of benzene rings is 2. The molecule has 382 valence electrons. The van der Waals surface area contributed by atoms with Crippen LogP contribution < -0.4 is 15.8 Å². The Labute approximate surface area is 429 Å². The van der Waals surface area contributed by atoms with Crippen molar-refractivity contribution in [1.82, 2.24) is 10.3 Å². The van der Waals surface area contributed by atoms with Gasteiger partial charge in [-0.1, -0.05) is 114 Å². The molecule has 2 saturated carbocycles. The number of hydrogen-bond donors (Lipinski definition) is 9. The van der Waals surface area contributed by atoms with Gasteiger partial charge in [0.05, 0.1) is 18.3 Å². The largest absolute Gasteiger partial charge is 0.504 e. The number of allylic oxidation sites excluding steroid dienone is 3. The number of dihydropyridines is 1. The second-order valence-corrected chi connectivity index (χ2v) is 24.9. The van der Waals surface area contributed by atoms with E-state index < -0.39 is 47.6 Å². The molecular weight excluding hydrogens is 927 g/mol. The third kappa shape index (κ3) is 10.2. The second kappa shape index (κ2) is 22.0. The molecule has 3 aromatic rings. The van der Waals surface area contributed by atoms with Gasteiger partial charge in [-0.25, -0.2) is 0 Å². The van der Waals surface area contributed by atoms with Crippen molar-refractivity contribution in [2.75, 3.05) is 31.3 Å². The van der Waals surface area contributed by atoms with E-state index in [-0.39, 0.29) is 53.8 Å². The number of aliphatic hydroxyl groups is 5. The topological polar surface area (TPSA) is 184 Å². The SMILES string of the molecule is CCC1Cc2cc(O)c(OC3CC(Cc4ccc[nH]4)C4=CCNC(N)=C4CSSCC(CO)C3O)cc2C2CC(O)C3C(C#CC4(CCCCC3O)CC(c3ccccc3)CC3(CCCC3)C4CO)C=C12. The van der Waals surface area contributed by atoms with Gasteiger partial charge in [0.25, 0.3) is 0 Å². The van der Waals surface area contributed by atoms with Crippen LogP contribution in [0, 0.1) is 58.2 Å². The third-order valence-corrected chi connectivity index (χ3v) is 20.9. The molecule has 0 radical (unpaired) electrons. The Morgan fingerprint density at radius 3 is 2.48 bits per heavy atom. The van der Waals surface area contributed by atoms with Gasteiger partial charge in [-0.2, -0.15) is 0 Å². The molecule has 7 aliphatic rings. The molecule has 2 spiro atoms. The van der Waals surface area contributed by atoms with Crippen molar-refractivity contribution in [3.05, 3.63) is 118 Å². The lowest BCUT2D eigenvalue weighted by molar-refractivity contribution is -0.0468. The Morgan fingerprint density at radius 1 is 0.901 bits per heavy atom. The highest BCUT2D eigenvalue weighted by molar-refractivity contribution is 8.76. The molecule has 0 amide bonds. The van der Waals surface area contributed by atoms with Gasteiger partial charge < -0.3 is 51.4 Å². The van der Waals surface area contributed by atoms with Crippen molar-refractivity contribution < 1.29 is 35.4 Å². The summed E-state index contributed by atoms with van der Waals surface area (Å²) in [5.74, 6) is 8.84. The van der Waals surface area contributed by atoms with Crippen LogP contribution >= 0.6 is 21.6 Å². The second-order valence-electron chi connectivity index (χ2n) is 22.4. The maximum Gasteiger partial charge on any atom is 0.161 e. The van der Waals surface area contributed by atoms with Crippen molar-refractivity contribution in [3.8, 4) is 23.3 Å². The van der Waals surface area contributed by atoms with Crippen molar-refractivity contribution in [1.29, 1.82) is 0 Å². The van der Waals surface area contributed by atoms with Gasteiger partial charge in [-0.15, -0.1) is 0 Å². The number of phenolic OH excluding ortho intramolecular Hbond substituents is 1. The summed E-state index contributed by atoms with van der Waals surface area (Å²) in [5, 5.41) is 74.5. The number of fused-ring (bicyclic) bond motifs is 5. The maximum atomic E-state index is 12.6. The number of ether oxygens (including phenoxy) is 1. The van der Waals surface area contributed by atoms with Crippen LogP contribution in [0.15, 0.2) is 95.5 Å². The number of rotatable bonds is 8. The number of aromatic nitrogens is 1. The Hall–Kier alpha value is -3.80. The van der Waals surface area contributed by atoms with Gasteiger partial charge >= 0.3 is 0 Å². The third-order valence-electron chi connectivity index (χ3n) is 18.5. The molecule has 2 aromatic carbocycles. The number of phenols is 1. The fourth-order valence-electron chi connectivity index (χ4n) is 14.9. The van der Waals surface area contributed by atoms with E-state index in [0.29, 0.717) is 61.9 Å². The molecule has 0 bridgehead atoms. The fraction of sp³-hybridized carbons (Fsp3) is 0.593. The summed E-state index contributed by atoms with van der Waals surface area (Å²) in [7, 11) is 3.27. The first-order chi connectivity index (χ1) is 34.5. The number of nitrogens with one attached hydrogen (secondary N) is 2. The maximum absolute atomic E-state index is 12.6. The summed E-state index contributed by atoms with van der Waals surface area (Å²) in [6.07, 6.45) is 15.8. The quantitative estimate of drug-likeness (QED) is 0.0596. The van der Waals surface area contributed by atoms with E-state index in [4.69, 9.17) is 10.5 Å². The zero-order valence-corrected chi connectivity index (χ0v) is 43.1. The van der Waals surface area contributed by atoms with Crippen molar-refractivity contribution in [2.45, 2.75) is 139 Å². The van der Waals surface area contributed by atoms with Crippen LogP contribution in [0.3, 0.4) is 0 Å². The summed E-state index contributed by atoms with van der Waals surface area (Å²) in [4.78, 5) is 3.38. The molecule has 10 nitrogen and oxygen atoms in total. The molecule has 10 N–H and O–H groups in total. The molecule has 13 unspecified atom stereocenters. The first kappa shape index (κ1) is 50.7. The van der Waals surface area contributed by atoms with Gasteiger partial charge in [-0.3, -0.25) is 0 Å². The minimum Gasteiger partial charge on any atom is -0.504 e. The number of hydrogen-bond acceptors (Lipinski definition) is 11. The lowest BCUT2D eigenvalue weighted by Gasteiger charge is -2.54. The monoisotopic (exact) mass is 1000 g/mol. The highest BCUT2D eigenvalue weighted by Crippen LogP contribution is 2.64. The Morgan fingerprint density at radius 2 is 1.72 bits per heavy atom. The van der Waals surface area contributed by atoms with Crippen LogP contribution in [-0.4, -0.2) is 91.3 Å². The number of aliphatic hydroxyl groups excluding tert-OH is 5. The standard InChI is InChI=1S/C59H77N3O7S2/c1-2-36-23-39-26-50(66)52(69-53-27-40(24-43-13-10-21-61-43)44-16-22-62-57(60)48(44)35-71-70-34-42(32-63)56(53)68)29-46(39)47-28-51(67)55-38(25-45(36)47)15-20-59(17-7-6-14-49(55)65)31-41(37-11-4-3-5-12-37)30-58(54(59)33-64)18-8-9-19-58/h3-5,10-13,16,21,25-26,29,36,38,40-42,47,49,51,53-56,61-68H,2,6-9,14,17-19,22-24,27-28,30-35,60H2,1H3. The van der Waals surface area contributed by atoms with Crippen LogP contribution in [0.25, 0.3) is 0 Å². The van der Waals surface area contributed by atoms with E-state index >= 15 is 0 Å². The molecule has 2 aliphatic heterocycles. The summed E-state index contributed by atoms with van der Waals surface area (Å²) in [5.41, 5.74) is 14.1. The molecular formula is C59H77N3O7S2. The molecule has 10 rings (SSSR count). The summed E-state index contributed by atoms with van der Waals surface area (Å²) >= 11 is 0. The predicted molar refractivity (Wildman–Crippen MR) is 284 cm³/mol. The average Bonchev–Trinajstić information content (AvgIpc) is 4.04. The molecule has 1 saturated heterocycles. The molecule has 3 fully saturated rings. The van der Waals surface area contributed by atoms with Crippen LogP contribution in [0.2, 0.25) is 0 Å². The van der Waals surface area contributed by atoms with E-state index in [1.165, 1.54) is 24.0 Å². The highest BCUT2D eigenvalue weighted by Gasteiger charge is 2.56. The Bertz CT molecular complexity index is 2480. The number of aromatic amines is 1. The zero-order chi connectivity index (χ0) is 49.3. The van der Waals surface area contributed by atoms with Crippen LogP contribution in [0.5, 0.6) is 11.5 Å². The van der Waals surface area contributed by atoms with Crippen LogP contribution in [0.4, 0.5) is 0 Å². The summed E-state index contributed by atoms with van der Waals surface area (Å²) in [6.45, 7) is 2.70. The van der Waals surface area contributed by atoms with Gasteiger partial charge in [-0.05, 0) is 140 Å². The number of H-pyrrole nitrogens is 1. The van der Waals surface area contributed by atoms with E-state index in [1.54, 1.807) is 21.6 Å². The predicted octanol–water partition coefficient (Wildman–Crippen LogP) is 9.04. The minimum absolute atomic E-state index is 0.000444. The summed E-state index contributed by atoms with van der Waals surface area (Å²) < 4.78 is 6.96. The normalized spacial score (nSPS) is 35.2. The lowest BCUT2D eigenvalue weighted by Crippen LogP contribution is -2.49. The van der Waals surface area contributed by atoms with Gasteiger partial charge in [0, 0.05) is 83.7 Å². The smallest absolute Gasteiger partial charge is 0.161 e. The molecule has 1 aromatic heterocycles. The van der Waals surface area contributed by atoms with E-state index in [1.807, 2.05) is 24.4 Å². The molecule has 5 aliphatic carbocycles. The van der Waals surface area contributed by atoms with Gasteiger partial charge in [0.15, 0.2) is 11.5 Å². The van der Waals surface area contributed by atoms with Crippen LogP contribution in [0.1, 0.15) is 125 Å². The summed E-state index contributed by atoms with van der Waals surface area (Å²) in [6, 6.07) is 18.8.